The van der Waals surface area contributed by atoms with E-state index in [-0.39, 0.29) is 84.9 Å². The highest BCUT2D eigenvalue weighted by atomic mass is 19.2. The molecule has 0 aromatic heterocycles. The van der Waals surface area contributed by atoms with Gasteiger partial charge in [0.05, 0.1) is 39.6 Å². The van der Waals surface area contributed by atoms with Crippen molar-refractivity contribution in [1.29, 1.82) is 0 Å². The number of hydrogen-bond donors (Lipinski definition) is 0. The van der Waals surface area contributed by atoms with Crippen molar-refractivity contribution in [3.63, 3.8) is 0 Å². The second-order valence-corrected chi connectivity index (χ2v) is 12.2. The monoisotopic (exact) mass is 724 g/mol. The van der Waals surface area contributed by atoms with Crippen molar-refractivity contribution in [2.45, 2.75) is 40.5 Å². The summed E-state index contributed by atoms with van der Waals surface area (Å²) in [6.45, 7) is 20.5. The maximum Gasteiger partial charge on any atom is 0.333 e. The maximum absolute atomic E-state index is 15.1. The van der Waals surface area contributed by atoms with Crippen LogP contribution in [-0.2, 0) is 38.1 Å². The van der Waals surface area contributed by atoms with Gasteiger partial charge >= 0.3 is 23.9 Å². The van der Waals surface area contributed by atoms with Crippen LogP contribution in [0.4, 0.5) is 8.78 Å². The van der Waals surface area contributed by atoms with Gasteiger partial charge in [0.25, 0.3) is 0 Å². The summed E-state index contributed by atoms with van der Waals surface area (Å²) in [5.74, 6) is -4.38. The van der Waals surface area contributed by atoms with Gasteiger partial charge in [0.1, 0.15) is 11.5 Å². The van der Waals surface area contributed by atoms with Crippen molar-refractivity contribution in [3.05, 3.63) is 108 Å². The Kier molecular flexibility index (Phi) is 17.7. The smallest absolute Gasteiger partial charge is 0.333 e. The molecule has 0 atom stereocenters. The van der Waals surface area contributed by atoms with Crippen LogP contribution < -0.4 is 9.47 Å². The molecule has 0 saturated carbocycles. The first-order valence-corrected chi connectivity index (χ1v) is 16.4. The van der Waals surface area contributed by atoms with E-state index >= 15 is 8.78 Å². The molecule has 0 N–H and O–H groups in total. The van der Waals surface area contributed by atoms with Gasteiger partial charge in [-0.1, -0.05) is 26.3 Å². The van der Waals surface area contributed by atoms with Crippen LogP contribution in [0.3, 0.4) is 0 Å². The summed E-state index contributed by atoms with van der Waals surface area (Å²) in [6, 6.07) is 11.5. The summed E-state index contributed by atoms with van der Waals surface area (Å²) in [5, 5.41) is 0. The molecule has 0 heterocycles. The van der Waals surface area contributed by atoms with Crippen molar-refractivity contribution in [2.24, 2.45) is 11.8 Å². The summed E-state index contributed by atoms with van der Waals surface area (Å²) >= 11 is 0. The van der Waals surface area contributed by atoms with Crippen molar-refractivity contribution in [3.8, 4) is 11.5 Å². The minimum atomic E-state index is -1.07. The number of carbonyl (C=O) groups is 4. The Morgan fingerprint density at radius 2 is 0.750 bits per heavy atom. The zero-order valence-corrected chi connectivity index (χ0v) is 30.1. The SMILES string of the molecule is C=C(C)C(=O)OCC(CCOc1ccc(/C(F)=C(\F)c2ccc(OCCC(COC(=O)C(=C)C)COC(=O)C(=C)C)cc2)cc1)COC(=O)C(=C)C. The third-order valence-electron chi connectivity index (χ3n) is 7.19. The predicted molar refractivity (Wildman–Crippen MR) is 192 cm³/mol. The molecule has 0 spiro atoms. The zero-order valence-electron chi connectivity index (χ0n) is 30.1. The van der Waals surface area contributed by atoms with Gasteiger partial charge in [0.15, 0.2) is 11.7 Å². The third kappa shape index (κ3) is 15.2. The second kappa shape index (κ2) is 21.6. The molecule has 0 unspecified atom stereocenters. The molecule has 0 saturated heterocycles. The van der Waals surface area contributed by atoms with Crippen LogP contribution in [0, 0.1) is 11.8 Å². The largest absolute Gasteiger partial charge is 0.494 e. The maximum atomic E-state index is 15.1. The van der Waals surface area contributed by atoms with Crippen molar-refractivity contribution in [1.82, 2.24) is 0 Å². The van der Waals surface area contributed by atoms with E-state index in [1.165, 1.54) is 76.2 Å². The van der Waals surface area contributed by atoms with Crippen molar-refractivity contribution in [2.75, 3.05) is 39.6 Å². The molecule has 0 aliphatic carbocycles. The lowest BCUT2D eigenvalue weighted by Crippen LogP contribution is -2.23. The minimum Gasteiger partial charge on any atom is -0.494 e. The number of ether oxygens (including phenoxy) is 6. The van der Waals surface area contributed by atoms with E-state index in [1.807, 2.05) is 0 Å². The van der Waals surface area contributed by atoms with E-state index in [0.717, 1.165) is 0 Å². The van der Waals surface area contributed by atoms with Gasteiger partial charge in [-0.15, -0.1) is 0 Å². The Balaban J connectivity index is 1.96. The van der Waals surface area contributed by atoms with E-state index in [9.17, 15) is 19.2 Å². The first-order valence-electron chi connectivity index (χ1n) is 16.4. The van der Waals surface area contributed by atoms with E-state index in [4.69, 9.17) is 28.4 Å². The lowest BCUT2D eigenvalue weighted by molar-refractivity contribution is -0.146. The average Bonchev–Trinajstić information content (AvgIpc) is 3.12. The molecule has 2 aromatic carbocycles. The molecule has 10 nitrogen and oxygen atoms in total. The van der Waals surface area contributed by atoms with Gasteiger partial charge in [-0.3, -0.25) is 0 Å². The normalized spacial score (nSPS) is 11.2. The second-order valence-electron chi connectivity index (χ2n) is 12.2. The number of esters is 4. The van der Waals surface area contributed by atoms with Gasteiger partial charge in [-0.2, -0.15) is 0 Å². The Labute approximate surface area is 303 Å². The molecule has 12 heteroatoms. The fourth-order valence-electron chi connectivity index (χ4n) is 4.03. The van der Waals surface area contributed by atoms with Gasteiger partial charge in [-0.05, 0) is 89.1 Å². The Hall–Kier alpha value is -5.52. The van der Waals surface area contributed by atoms with Crippen LogP contribution in [0.1, 0.15) is 51.7 Å². The number of rotatable bonds is 22. The molecule has 280 valence electrons. The minimum absolute atomic E-state index is 0.00722. The Bertz CT molecular complexity index is 1460. The summed E-state index contributed by atoms with van der Waals surface area (Å²) in [7, 11) is 0. The molecule has 0 radical (unpaired) electrons. The van der Waals surface area contributed by atoms with Crippen molar-refractivity contribution < 1.29 is 56.4 Å². The number of carbonyl (C=O) groups excluding carboxylic acids is 4. The predicted octanol–water partition coefficient (Wildman–Crippen LogP) is 7.70. The zero-order chi connectivity index (χ0) is 38.8. The number of halogens is 2. The van der Waals surface area contributed by atoms with E-state index in [0.29, 0.717) is 24.3 Å². The first kappa shape index (κ1) is 42.6. The van der Waals surface area contributed by atoms with Crippen molar-refractivity contribution >= 4 is 35.5 Å². The molecular weight excluding hydrogens is 678 g/mol. The van der Waals surface area contributed by atoms with Gasteiger partial charge in [0.2, 0.25) is 0 Å². The molecule has 0 fully saturated rings. The highest BCUT2D eigenvalue weighted by Crippen LogP contribution is 2.31. The standard InChI is InChI=1S/C40H46F2O10/c1-25(2)37(43)49-21-29(22-50-38(44)26(3)4)17-19-47-33-13-9-31(10-14-33)35(41)36(42)32-11-15-34(16-12-32)48-20-18-30(23-51-39(45)27(5)6)24-52-40(46)28(7)8/h9-16,29-30H,1,3,5,7,17-24H2,2,4,6,8H3/b36-35+. The third-order valence-corrected chi connectivity index (χ3v) is 7.19. The van der Waals surface area contributed by atoms with Gasteiger partial charge < -0.3 is 28.4 Å². The average molecular weight is 725 g/mol. The molecule has 0 aliphatic heterocycles. The van der Waals surface area contributed by atoms with E-state index in [1.54, 1.807) is 0 Å². The van der Waals surface area contributed by atoms with Crippen LogP contribution in [0.2, 0.25) is 0 Å². The summed E-state index contributed by atoms with van der Waals surface area (Å²) < 4.78 is 62.6. The molecule has 0 bridgehead atoms. The summed E-state index contributed by atoms with van der Waals surface area (Å²) in [5.41, 5.74) is 0.923. The highest BCUT2D eigenvalue weighted by molar-refractivity contribution is 5.88. The lowest BCUT2D eigenvalue weighted by Gasteiger charge is -2.18. The van der Waals surface area contributed by atoms with Gasteiger partial charge in [-0.25, -0.2) is 28.0 Å². The van der Waals surface area contributed by atoms with Crippen LogP contribution in [0.15, 0.2) is 97.1 Å². The van der Waals surface area contributed by atoms with Crippen LogP contribution in [0.25, 0.3) is 11.7 Å². The van der Waals surface area contributed by atoms with E-state index in [2.05, 4.69) is 26.3 Å². The topological polar surface area (TPSA) is 124 Å². The highest BCUT2D eigenvalue weighted by Gasteiger charge is 2.18. The fourth-order valence-corrected chi connectivity index (χ4v) is 4.03. The Morgan fingerprint density at radius 1 is 0.500 bits per heavy atom. The fraction of sp³-hybridized carbons (Fsp3) is 0.350. The Morgan fingerprint density at radius 3 is 0.981 bits per heavy atom. The summed E-state index contributed by atoms with van der Waals surface area (Å²) in [6.07, 6.45) is 0.710. The molecular formula is C40H46F2O10. The van der Waals surface area contributed by atoms with Crippen LogP contribution in [0.5, 0.6) is 11.5 Å². The van der Waals surface area contributed by atoms with Crippen LogP contribution >= 0.6 is 0 Å². The van der Waals surface area contributed by atoms with E-state index < -0.39 is 35.5 Å². The number of benzene rings is 2. The summed E-state index contributed by atoms with van der Waals surface area (Å²) in [4.78, 5) is 47.3. The molecule has 2 aromatic rings. The molecule has 0 amide bonds. The van der Waals surface area contributed by atoms with Crippen LogP contribution in [-0.4, -0.2) is 63.5 Å². The van der Waals surface area contributed by atoms with Gasteiger partial charge in [0, 0.05) is 45.3 Å². The first-order chi connectivity index (χ1) is 24.6. The molecule has 52 heavy (non-hydrogen) atoms. The number of hydrogen-bond acceptors (Lipinski definition) is 10. The quantitative estimate of drug-likeness (QED) is 0.0517. The molecule has 2 rings (SSSR count). The lowest BCUT2D eigenvalue weighted by atomic mass is 10.1. The molecule has 0 aliphatic rings.